The molecule has 1 atom stereocenters. The van der Waals surface area contributed by atoms with Gasteiger partial charge in [0.05, 0.1) is 11.6 Å². The molecule has 0 unspecified atom stereocenters. The van der Waals surface area contributed by atoms with E-state index < -0.39 is 0 Å². The second-order valence-corrected chi connectivity index (χ2v) is 3.34. The minimum atomic E-state index is -0.166. The van der Waals surface area contributed by atoms with Gasteiger partial charge in [0, 0.05) is 10.6 Å². The fraction of sp³-hybridized carbons (Fsp3) is 0.222. The number of nitrogens with zero attached hydrogens (tertiary/aromatic N) is 1. The summed E-state index contributed by atoms with van der Waals surface area (Å²) in [4.78, 5) is 0. The van der Waals surface area contributed by atoms with Gasteiger partial charge in [-0.2, -0.15) is 5.26 Å². The Morgan fingerprint density at radius 1 is 1.62 bits per heavy atom. The number of rotatable bonds is 0. The second-order valence-electron chi connectivity index (χ2n) is 2.90. The molecule has 0 amide bonds. The average Bonchev–Trinajstić information content (AvgIpc) is 2.47. The highest BCUT2D eigenvalue weighted by Crippen LogP contribution is 2.36. The van der Waals surface area contributed by atoms with Crippen LogP contribution in [0.15, 0.2) is 12.1 Å². The lowest BCUT2D eigenvalue weighted by Crippen LogP contribution is -2.10. The van der Waals surface area contributed by atoms with E-state index in [1.165, 1.54) is 0 Å². The third-order valence-corrected chi connectivity index (χ3v) is 2.23. The van der Waals surface area contributed by atoms with Gasteiger partial charge in [-0.3, -0.25) is 0 Å². The number of halogens is 1. The number of hydrogen-bond donors (Lipinski definition) is 1. The summed E-state index contributed by atoms with van der Waals surface area (Å²) >= 11 is 5.81. The van der Waals surface area contributed by atoms with Gasteiger partial charge in [-0.25, -0.2) is 0 Å². The maximum Gasteiger partial charge on any atom is 0.142 e. The van der Waals surface area contributed by atoms with Gasteiger partial charge < -0.3 is 10.5 Å². The van der Waals surface area contributed by atoms with E-state index >= 15 is 0 Å². The predicted octanol–water partition coefficient (Wildman–Crippen LogP) is 1.60. The molecule has 2 rings (SSSR count). The molecule has 1 aromatic carbocycles. The Labute approximate surface area is 80.7 Å². The Kier molecular flexibility index (Phi) is 1.87. The van der Waals surface area contributed by atoms with Crippen molar-refractivity contribution in [1.82, 2.24) is 0 Å². The molecule has 0 saturated heterocycles. The fourth-order valence-electron chi connectivity index (χ4n) is 1.40. The standard InChI is InChI=1S/C9H7ClN2O/c10-6-1-5(3-11)9-7(2-6)8(12)4-13-9/h1-2,8H,4,12H2/t8-/m0/s1. The Hall–Kier alpha value is -1.24. The summed E-state index contributed by atoms with van der Waals surface area (Å²) in [6.07, 6.45) is 0. The summed E-state index contributed by atoms with van der Waals surface area (Å²) in [5, 5.41) is 9.31. The van der Waals surface area contributed by atoms with Crippen LogP contribution < -0.4 is 10.5 Å². The Morgan fingerprint density at radius 2 is 2.38 bits per heavy atom. The first-order valence-corrected chi connectivity index (χ1v) is 4.22. The highest BCUT2D eigenvalue weighted by Gasteiger charge is 2.24. The molecular weight excluding hydrogens is 188 g/mol. The van der Waals surface area contributed by atoms with Crippen LogP contribution in [0.5, 0.6) is 5.75 Å². The molecule has 0 aliphatic carbocycles. The van der Waals surface area contributed by atoms with Crippen LogP contribution in [0.2, 0.25) is 5.02 Å². The molecule has 13 heavy (non-hydrogen) atoms. The lowest BCUT2D eigenvalue weighted by Gasteiger charge is -2.02. The minimum absolute atomic E-state index is 0.166. The normalized spacial score (nSPS) is 19.0. The van der Waals surface area contributed by atoms with Crippen LogP contribution in [0.25, 0.3) is 0 Å². The van der Waals surface area contributed by atoms with Gasteiger partial charge in [0.1, 0.15) is 18.4 Å². The first kappa shape index (κ1) is 8.36. The molecule has 0 fully saturated rings. The van der Waals surface area contributed by atoms with E-state index in [2.05, 4.69) is 0 Å². The molecule has 2 N–H and O–H groups in total. The van der Waals surface area contributed by atoms with Crippen molar-refractivity contribution in [1.29, 1.82) is 5.26 Å². The van der Waals surface area contributed by atoms with Crippen LogP contribution in [0.1, 0.15) is 17.2 Å². The zero-order chi connectivity index (χ0) is 9.42. The third kappa shape index (κ3) is 1.24. The van der Waals surface area contributed by atoms with E-state index in [0.717, 1.165) is 5.56 Å². The summed E-state index contributed by atoms with van der Waals surface area (Å²) < 4.78 is 5.28. The number of hydrogen-bond acceptors (Lipinski definition) is 3. The lowest BCUT2D eigenvalue weighted by atomic mass is 10.1. The van der Waals surface area contributed by atoms with Gasteiger partial charge >= 0.3 is 0 Å². The average molecular weight is 195 g/mol. The van der Waals surface area contributed by atoms with E-state index in [1.807, 2.05) is 6.07 Å². The lowest BCUT2D eigenvalue weighted by molar-refractivity contribution is 0.332. The van der Waals surface area contributed by atoms with Gasteiger partial charge in [-0.05, 0) is 12.1 Å². The van der Waals surface area contributed by atoms with Crippen molar-refractivity contribution in [2.24, 2.45) is 5.73 Å². The van der Waals surface area contributed by atoms with Gasteiger partial charge in [-0.1, -0.05) is 11.6 Å². The highest BCUT2D eigenvalue weighted by atomic mass is 35.5. The highest BCUT2D eigenvalue weighted by molar-refractivity contribution is 6.30. The summed E-state index contributed by atoms with van der Waals surface area (Å²) in [5.41, 5.74) is 7.02. The van der Waals surface area contributed by atoms with E-state index in [1.54, 1.807) is 12.1 Å². The number of nitrogens with two attached hydrogens (primary N) is 1. The number of ether oxygens (including phenoxy) is 1. The van der Waals surface area contributed by atoms with Gasteiger partial charge in [0.25, 0.3) is 0 Å². The zero-order valence-electron chi connectivity index (χ0n) is 6.75. The number of benzene rings is 1. The Bertz CT molecular complexity index is 397. The van der Waals surface area contributed by atoms with Crippen molar-refractivity contribution in [2.75, 3.05) is 6.61 Å². The molecule has 1 heterocycles. The van der Waals surface area contributed by atoms with Crippen LogP contribution in [0, 0.1) is 11.3 Å². The van der Waals surface area contributed by atoms with Crippen LogP contribution in [0.4, 0.5) is 0 Å². The molecule has 0 saturated carbocycles. The largest absolute Gasteiger partial charge is 0.490 e. The molecule has 4 heteroatoms. The van der Waals surface area contributed by atoms with Gasteiger partial charge in [0.15, 0.2) is 0 Å². The number of fused-ring (bicyclic) bond motifs is 1. The van der Waals surface area contributed by atoms with Crippen LogP contribution in [-0.4, -0.2) is 6.61 Å². The molecule has 3 nitrogen and oxygen atoms in total. The van der Waals surface area contributed by atoms with Crippen molar-refractivity contribution in [2.45, 2.75) is 6.04 Å². The zero-order valence-corrected chi connectivity index (χ0v) is 7.51. The first-order valence-electron chi connectivity index (χ1n) is 3.84. The van der Waals surface area contributed by atoms with E-state index in [9.17, 15) is 0 Å². The maximum atomic E-state index is 8.78. The molecule has 0 bridgehead atoms. The van der Waals surface area contributed by atoms with Crippen molar-refractivity contribution < 1.29 is 4.74 Å². The van der Waals surface area contributed by atoms with E-state index in [4.69, 9.17) is 27.3 Å². The van der Waals surface area contributed by atoms with Gasteiger partial charge in [-0.15, -0.1) is 0 Å². The molecule has 66 valence electrons. The van der Waals surface area contributed by atoms with Gasteiger partial charge in [0.2, 0.25) is 0 Å². The topological polar surface area (TPSA) is 59.0 Å². The molecule has 1 aromatic rings. The first-order chi connectivity index (χ1) is 6.22. The summed E-state index contributed by atoms with van der Waals surface area (Å²) in [6, 6.07) is 5.18. The summed E-state index contributed by atoms with van der Waals surface area (Å²) in [5.74, 6) is 0.583. The molecule has 0 radical (unpaired) electrons. The van der Waals surface area contributed by atoms with E-state index in [0.29, 0.717) is 22.9 Å². The predicted molar refractivity (Wildman–Crippen MR) is 48.6 cm³/mol. The van der Waals surface area contributed by atoms with E-state index in [-0.39, 0.29) is 6.04 Å². The maximum absolute atomic E-state index is 8.78. The van der Waals surface area contributed by atoms with Crippen LogP contribution in [0.3, 0.4) is 0 Å². The summed E-state index contributed by atoms with van der Waals surface area (Å²) in [7, 11) is 0. The smallest absolute Gasteiger partial charge is 0.142 e. The molecule has 0 spiro atoms. The molecule has 0 aromatic heterocycles. The second kappa shape index (κ2) is 2.91. The monoisotopic (exact) mass is 194 g/mol. The van der Waals surface area contributed by atoms with Crippen molar-refractivity contribution in [3.63, 3.8) is 0 Å². The Balaban J connectivity index is 2.65. The third-order valence-electron chi connectivity index (χ3n) is 2.01. The van der Waals surface area contributed by atoms with Crippen molar-refractivity contribution in [3.8, 4) is 11.8 Å². The molecule has 1 aliphatic heterocycles. The van der Waals surface area contributed by atoms with Crippen LogP contribution in [-0.2, 0) is 0 Å². The molecule has 1 aliphatic rings. The SMILES string of the molecule is N#Cc1cc(Cl)cc2c1OC[C@@H]2N. The van der Waals surface area contributed by atoms with Crippen molar-refractivity contribution >= 4 is 11.6 Å². The summed E-state index contributed by atoms with van der Waals surface area (Å²) in [6.45, 7) is 0.421. The quantitative estimate of drug-likeness (QED) is 0.683. The number of nitriles is 1. The Morgan fingerprint density at radius 3 is 3.08 bits per heavy atom. The molecular formula is C9H7ClN2O. The minimum Gasteiger partial charge on any atom is -0.490 e. The van der Waals surface area contributed by atoms with Crippen molar-refractivity contribution in [3.05, 3.63) is 28.3 Å². The fourth-order valence-corrected chi connectivity index (χ4v) is 1.62. The van der Waals surface area contributed by atoms with Crippen LogP contribution >= 0.6 is 11.6 Å².